The van der Waals surface area contributed by atoms with Crippen LogP contribution in [0.5, 0.6) is 0 Å². The molecule has 3 heterocycles. The van der Waals surface area contributed by atoms with Gasteiger partial charge in [0.1, 0.15) is 11.6 Å². The minimum atomic E-state index is -0.111. The zero-order valence-electron chi connectivity index (χ0n) is 15.6. The number of nitrogens with zero attached hydrogens (tertiary/aromatic N) is 4. The zero-order chi connectivity index (χ0) is 18.8. The topological polar surface area (TPSA) is 85.7 Å². The van der Waals surface area contributed by atoms with Crippen LogP contribution >= 0.6 is 0 Å². The van der Waals surface area contributed by atoms with Gasteiger partial charge >= 0.3 is 0 Å². The average Bonchev–Trinajstić information content (AvgIpc) is 3.29. The van der Waals surface area contributed by atoms with Crippen molar-refractivity contribution in [3.8, 4) is 0 Å². The molecule has 1 aliphatic rings. The van der Waals surface area contributed by atoms with Gasteiger partial charge in [0.25, 0.3) is 5.56 Å². The van der Waals surface area contributed by atoms with Crippen LogP contribution in [-0.2, 0) is 17.7 Å². The summed E-state index contributed by atoms with van der Waals surface area (Å²) in [4.78, 5) is 24.4. The molecule has 1 aromatic carbocycles. The Morgan fingerprint density at radius 1 is 1.22 bits per heavy atom. The van der Waals surface area contributed by atoms with E-state index in [2.05, 4.69) is 22.1 Å². The summed E-state index contributed by atoms with van der Waals surface area (Å²) in [7, 11) is 0. The number of ether oxygens (including phenoxy) is 1. The smallest absolute Gasteiger partial charge is 0.254 e. The Balaban J connectivity index is 1.70. The molecule has 0 amide bonds. The Kier molecular flexibility index (Phi) is 4.85. The first kappa shape index (κ1) is 17.6. The first-order valence-electron chi connectivity index (χ1n) is 9.22. The monoisotopic (exact) mass is 365 g/mol. The third-order valence-electron chi connectivity index (χ3n) is 4.91. The molecular formula is C20H23N5O2. The minimum absolute atomic E-state index is 0.111. The lowest BCUT2D eigenvalue weighted by Crippen LogP contribution is -2.20. The highest BCUT2D eigenvalue weighted by Gasteiger charge is 2.24. The highest BCUT2D eigenvalue weighted by Crippen LogP contribution is 2.23. The van der Waals surface area contributed by atoms with E-state index in [1.54, 1.807) is 6.92 Å². The molecule has 27 heavy (non-hydrogen) atoms. The second kappa shape index (κ2) is 7.44. The summed E-state index contributed by atoms with van der Waals surface area (Å²) >= 11 is 0. The Hall–Kier alpha value is -2.80. The van der Waals surface area contributed by atoms with Crippen molar-refractivity contribution in [2.75, 3.05) is 13.2 Å². The fourth-order valence-corrected chi connectivity index (χ4v) is 3.44. The maximum atomic E-state index is 12.4. The normalized spacial score (nSPS) is 16.7. The number of aromatic amines is 1. The second-order valence-corrected chi connectivity index (χ2v) is 6.98. The lowest BCUT2D eigenvalue weighted by atomic mass is 10.1. The van der Waals surface area contributed by atoms with Gasteiger partial charge in [-0.2, -0.15) is 5.10 Å². The predicted molar refractivity (Wildman–Crippen MR) is 101 cm³/mol. The van der Waals surface area contributed by atoms with E-state index >= 15 is 0 Å². The maximum Gasteiger partial charge on any atom is 0.254 e. The Morgan fingerprint density at radius 3 is 2.74 bits per heavy atom. The van der Waals surface area contributed by atoms with Crippen LogP contribution in [0.4, 0.5) is 0 Å². The fourth-order valence-electron chi connectivity index (χ4n) is 3.44. The molecule has 1 N–H and O–H groups in total. The van der Waals surface area contributed by atoms with E-state index in [4.69, 9.17) is 14.8 Å². The SMILES string of the molecule is Cc1nc(C)c(Cc2nc(C3CCOC3)nn2Cc2ccccc2)c(=O)[nH]1. The van der Waals surface area contributed by atoms with Crippen LogP contribution in [0, 0.1) is 13.8 Å². The van der Waals surface area contributed by atoms with Crippen molar-refractivity contribution >= 4 is 0 Å². The molecular weight excluding hydrogens is 342 g/mol. The highest BCUT2D eigenvalue weighted by molar-refractivity contribution is 5.22. The number of hydrogen-bond acceptors (Lipinski definition) is 5. The van der Waals surface area contributed by atoms with Crippen LogP contribution in [0.25, 0.3) is 0 Å². The molecule has 4 rings (SSSR count). The molecule has 0 aliphatic carbocycles. The van der Waals surface area contributed by atoms with Gasteiger partial charge in [-0.1, -0.05) is 30.3 Å². The molecule has 1 aliphatic heterocycles. The Labute approximate surface area is 157 Å². The van der Waals surface area contributed by atoms with E-state index in [9.17, 15) is 4.79 Å². The van der Waals surface area contributed by atoms with E-state index in [0.717, 1.165) is 35.9 Å². The summed E-state index contributed by atoms with van der Waals surface area (Å²) < 4.78 is 7.40. The molecule has 0 spiro atoms. The van der Waals surface area contributed by atoms with E-state index in [0.29, 0.717) is 31.0 Å². The van der Waals surface area contributed by atoms with Gasteiger partial charge in [0.15, 0.2) is 5.82 Å². The van der Waals surface area contributed by atoms with Crippen molar-refractivity contribution in [3.63, 3.8) is 0 Å². The molecule has 0 bridgehead atoms. The molecule has 7 nitrogen and oxygen atoms in total. The molecule has 0 radical (unpaired) electrons. The molecule has 3 aromatic rings. The number of benzene rings is 1. The number of rotatable bonds is 5. The van der Waals surface area contributed by atoms with E-state index < -0.39 is 0 Å². The lowest BCUT2D eigenvalue weighted by Gasteiger charge is -2.08. The fraction of sp³-hybridized carbons (Fsp3) is 0.400. The number of aryl methyl sites for hydroxylation is 2. The van der Waals surface area contributed by atoms with Gasteiger partial charge in [-0.05, 0) is 25.8 Å². The largest absolute Gasteiger partial charge is 0.381 e. The van der Waals surface area contributed by atoms with Gasteiger partial charge in [-0.3, -0.25) is 4.79 Å². The third kappa shape index (κ3) is 3.83. The van der Waals surface area contributed by atoms with Gasteiger partial charge in [0, 0.05) is 30.2 Å². The summed E-state index contributed by atoms with van der Waals surface area (Å²) in [6, 6.07) is 10.1. The Bertz CT molecular complexity index is 987. The number of nitrogens with one attached hydrogen (secondary N) is 1. The third-order valence-corrected chi connectivity index (χ3v) is 4.91. The molecule has 140 valence electrons. The van der Waals surface area contributed by atoms with Gasteiger partial charge < -0.3 is 9.72 Å². The molecule has 1 unspecified atom stereocenters. The van der Waals surface area contributed by atoms with Crippen molar-refractivity contribution < 1.29 is 4.74 Å². The van der Waals surface area contributed by atoms with Crippen LogP contribution in [0.2, 0.25) is 0 Å². The average molecular weight is 365 g/mol. The van der Waals surface area contributed by atoms with Crippen LogP contribution in [0.1, 0.15) is 46.6 Å². The van der Waals surface area contributed by atoms with Crippen LogP contribution < -0.4 is 5.56 Å². The van der Waals surface area contributed by atoms with Crippen LogP contribution in [0.15, 0.2) is 35.1 Å². The number of hydrogen-bond donors (Lipinski definition) is 1. The molecule has 1 fully saturated rings. The van der Waals surface area contributed by atoms with Gasteiger partial charge in [-0.25, -0.2) is 14.6 Å². The molecule has 0 saturated carbocycles. The summed E-state index contributed by atoms with van der Waals surface area (Å²) in [5, 5.41) is 4.75. The minimum Gasteiger partial charge on any atom is -0.381 e. The van der Waals surface area contributed by atoms with Crippen molar-refractivity contribution in [2.24, 2.45) is 0 Å². The molecule has 2 aromatic heterocycles. The summed E-state index contributed by atoms with van der Waals surface area (Å²) in [5.41, 5.74) is 2.40. The first-order valence-corrected chi connectivity index (χ1v) is 9.22. The van der Waals surface area contributed by atoms with Crippen molar-refractivity contribution in [3.05, 3.63) is 75.0 Å². The summed E-state index contributed by atoms with van der Waals surface area (Å²) in [5.74, 6) is 2.42. The number of aromatic nitrogens is 5. The van der Waals surface area contributed by atoms with E-state index in [-0.39, 0.29) is 11.5 Å². The Morgan fingerprint density at radius 2 is 2.04 bits per heavy atom. The standard InChI is InChI=1S/C20H23N5O2/c1-13-17(20(26)22-14(2)21-13)10-18-23-19(16-8-9-27-12-16)24-25(18)11-15-6-4-3-5-7-15/h3-7,16H,8-12H2,1-2H3,(H,21,22,26). The van der Waals surface area contributed by atoms with Crippen molar-refractivity contribution in [1.82, 2.24) is 24.7 Å². The second-order valence-electron chi connectivity index (χ2n) is 6.98. The molecule has 7 heteroatoms. The van der Waals surface area contributed by atoms with Crippen LogP contribution in [0.3, 0.4) is 0 Å². The van der Waals surface area contributed by atoms with Gasteiger partial charge in [-0.15, -0.1) is 0 Å². The summed E-state index contributed by atoms with van der Waals surface area (Å²) in [6.07, 6.45) is 1.34. The lowest BCUT2D eigenvalue weighted by molar-refractivity contribution is 0.193. The van der Waals surface area contributed by atoms with E-state index in [1.807, 2.05) is 29.8 Å². The summed E-state index contributed by atoms with van der Waals surface area (Å²) in [6.45, 7) is 5.66. The van der Waals surface area contributed by atoms with Crippen LogP contribution in [-0.4, -0.2) is 37.9 Å². The maximum absolute atomic E-state index is 12.4. The highest BCUT2D eigenvalue weighted by atomic mass is 16.5. The first-order chi connectivity index (χ1) is 13.1. The number of H-pyrrole nitrogens is 1. The van der Waals surface area contributed by atoms with Gasteiger partial charge in [0.05, 0.1) is 13.2 Å². The predicted octanol–water partition coefficient (Wildman–Crippen LogP) is 2.12. The zero-order valence-corrected chi connectivity index (χ0v) is 15.6. The van der Waals surface area contributed by atoms with Crippen molar-refractivity contribution in [2.45, 2.75) is 39.2 Å². The van der Waals surface area contributed by atoms with E-state index in [1.165, 1.54) is 0 Å². The van der Waals surface area contributed by atoms with Crippen molar-refractivity contribution in [1.29, 1.82) is 0 Å². The molecule has 1 saturated heterocycles. The molecule has 1 atom stereocenters. The van der Waals surface area contributed by atoms with Gasteiger partial charge in [0.2, 0.25) is 0 Å². The quantitative estimate of drug-likeness (QED) is 0.748.